The van der Waals surface area contributed by atoms with E-state index in [0.29, 0.717) is 30.4 Å². The second kappa shape index (κ2) is 16.3. The fraction of sp³-hybridized carbons (Fsp3) is 0.682. The van der Waals surface area contributed by atoms with Gasteiger partial charge in [-0.3, -0.25) is 4.99 Å². The molecule has 0 unspecified atom stereocenters. The molecule has 178 valence electrons. The van der Waals surface area contributed by atoms with Gasteiger partial charge in [0.1, 0.15) is 0 Å². The number of nitrogens with one attached hydrogen (secondary N) is 2. The maximum atomic E-state index is 12.8. The molecule has 0 aliphatic carbocycles. The predicted molar refractivity (Wildman–Crippen MR) is 132 cm³/mol. The molecule has 1 saturated heterocycles. The first-order chi connectivity index (χ1) is 14.6. The molecule has 9 heteroatoms. The van der Waals surface area contributed by atoms with Gasteiger partial charge in [0, 0.05) is 25.7 Å². The van der Waals surface area contributed by atoms with Gasteiger partial charge < -0.3 is 25.0 Å². The molecule has 0 atom stereocenters. The van der Waals surface area contributed by atoms with E-state index in [9.17, 15) is 8.78 Å². The molecule has 0 aromatic heterocycles. The van der Waals surface area contributed by atoms with Crippen LogP contribution in [0.1, 0.15) is 51.0 Å². The predicted octanol–water partition coefficient (Wildman–Crippen LogP) is 4.63. The monoisotopic (exact) mass is 554 g/mol. The van der Waals surface area contributed by atoms with Gasteiger partial charge in [-0.1, -0.05) is 25.0 Å². The molecule has 0 saturated carbocycles. The molecule has 31 heavy (non-hydrogen) atoms. The van der Waals surface area contributed by atoms with Crippen molar-refractivity contribution in [3.8, 4) is 11.5 Å². The summed E-state index contributed by atoms with van der Waals surface area (Å²) in [5, 5.41) is 6.44. The van der Waals surface area contributed by atoms with E-state index >= 15 is 0 Å². The maximum absolute atomic E-state index is 12.8. The summed E-state index contributed by atoms with van der Waals surface area (Å²) in [6, 6.07) is 5.13. The van der Waals surface area contributed by atoms with E-state index in [-0.39, 0.29) is 29.7 Å². The van der Waals surface area contributed by atoms with Crippen LogP contribution in [0.5, 0.6) is 11.5 Å². The molecule has 2 N–H and O–H groups in total. The van der Waals surface area contributed by atoms with Crippen molar-refractivity contribution in [1.29, 1.82) is 0 Å². The number of nitrogens with zero attached hydrogens (tertiary/aromatic N) is 2. The van der Waals surface area contributed by atoms with Crippen molar-refractivity contribution in [3.63, 3.8) is 0 Å². The van der Waals surface area contributed by atoms with Gasteiger partial charge in [-0.05, 0) is 58.3 Å². The number of aliphatic imine (C=N–C) groups is 1. The van der Waals surface area contributed by atoms with Crippen molar-refractivity contribution in [2.75, 3.05) is 39.8 Å². The van der Waals surface area contributed by atoms with Gasteiger partial charge >= 0.3 is 6.61 Å². The highest BCUT2D eigenvalue weighted by molar-refractivity contribution is 14.0. The third-order valence-electron chi connectivity index (χ3n) is 5.13. The summed E-state index contributed by atoms with van der Waals surface area (Å²) in [6.45, 7) is 4.07. The highest BCUT2D eigenvalue weighted by Gasteiger charge is 2.16. The number of unbranched alkanes of at least 4 members (excludes halogenated alkanes) is 2. The summed E-state index contributed by atoms with van der Waals surface area (Å²) in [7, 11) is 1.69. The lowest BCUT2D eigenvalue weighted by atomic mass is 10.1. The van der Waals surface area contributed by atoms with Crippen LogP contribution < -0.4 is 20.1 Å². The molecule has 1 aromatic rings. The normalized spacial score (nSPS) is 14.8. The van der Waals surface area contributed by atoms with Crippen molar-refractivity contribution in [1.82, 2.24) is 15.5 Å². The van der Waals surface area contributed by atoms with Crippen molar-refractivity contribution in [2.45, 2.75) is 58.6 Å². The molecule has 1 aromatic carbocycles. The Morgan fingerprint density at radius 2 is 1.90 bits per heavy atom. The Kier molecular flexibility index (Phi) is 14.5. The molecule has 0 spiro atoms. The van der Waals surface area contributed by atoms with Gasteiger partial charge in [-0.25, -0.2) is 0 Å². The first-order valence-corrected chi connectivity index (χ1v) is 11.0. The molecular weight excluding hydrogens is 517 g/mol. The molecule has 1 fully saturated rings. The fourth-order valence-corrected chi connectivity index (χ4v) is 3.62. The second-order valence-corrected chi connectivity index (χ2v) is 7.37. The van der Waals surface area contributed by atoms with E-state index in [1.54, 1.807) is 32.2 Å². The quantitative estimate of drug-likeness (QED) is 0.171. The molecule has 1 heterocycles. The van der Waals surface area contributed by atoms with Crippen LogP contribution in [0.25, 0.3) is 0 Å². The number of alkyl halides is 2. The van der Waals surface area contributed by atoms with Crippen molar-refractivity contribution in [2.24, 2.45) is 4.99 Å². The lowest BCUT2D eigenvalue weighted by Crippen LogP contribution is -2.37. The lowest BCUT2D eigenvalue weighted by molar-refractivity contribution is -0.0520. The Morgan fingerprint density at radius 3 is 2.58 bits per heavy atom. The molecule has 0 radical (unpaired) electrons. The fourth-order valence-electron chi connectivity index (χ4n) is 3.62. The zero-order chi connectivity index (χ0) is 21.6. The van der Waals surface area contributed by atoms with Gasteiger partial charge in [0.05, 0.1) is 6.61 Å². The Morgan fingerprint density at radius 1 is 1.13 bits per heavy atom. The number of rotatable bonds is 12. The van der Waals surface area contributed by atoms with E-state index in [2.05, 4.69) is 20.5 Å². The van der Waals surface area contributed by atoms with E-state index in [0.717, 1.165) is 13.0 Å². The Balaban J connectivity index is 0.00000480. The maximum Gasteiger partial charge on any atom is 0.387 e. The molecule has 6 nitrogen and oxygen atoms in total. The Hall–Kier alpha value is -1.36. The van der Waals surface area contributed by atoms with Gasteiger partial charge in [0.25, 0.3) is 0 Å². The molecule has 0 bridgehead atoms. The molecule has 2 rings (SSSR count). The summed E-state index contributed by atoms with van der Waals surface area (Å²) in [4.78, 5) is 6.77. The highest BCUT2D eigenvalue weighted by Crippen LogP contribution is 2.32. The number of hydrogen-bond donors (Lipinski definition) is 2. The minimum atomic E-state index is -2.91. The van der Waals surface area contributed by atoms with E-state index in [1.807, 2.05) is 0 Å². The van der Waals surface area contributed by atoms with Crippen molar-refractivity contribution in [3.05, 3.63) is 23.8 Å². The number of para-hydroxylation sites is 1. The third kappa shape index (κ3) is 10.7. The first kappa shape index (κ1) is 27.7. The van der Waals surface area contributed by atoms with E-state index < -0.39 is 6.61 Å². The van der Waals surface area contributed by atoms with Crippen LogP contribution in [-0.4, -0.2) is 57.3 Å². The van der Waals surface area contributed by atoms with Crippen LogP contribution >= 0.6 is 24.0 Å². The van der Waals surface area contributed by atoms with Crippen molar-refractivity contribution >= 4 is 29.9 Å². The topological polar surface area (TPSA) is 58.1 Å². The zero-order valence-corrected chi connectivity index (χ0v) is 21.0. The Labute approximate surface area is 202 Å². The number of halogens is 3. The van der Waals surface area contributed by atoms with E-state index in [1.165, 1.54) is 51.7 Å². The standard InChI is InChI=1S/C22H36F2N4O2.HI/c1-3-29-19-12-10-11-18(20(19)30-21(23)24)17-27-22(25-2)26-13-6-4-7-14-28-15-8-5-9-16-28;/h10-12,21H,3-9,13-17H2,1-2H3,(H2,25,26,27);1H. The van der Waals surface area contributed by atoms with Crippen molar-refractivity contribution < 1.29 is 18.3 Å². The summed E-state index contributed by atoms with van der Waals surface area (Å²) in [6.07, 6.45) is 7.49. The second-order valence-electron chi connectivity index (χ2n) is 7.37. The number of ether oxygens (including phenoxy) is 2. The summed E-state index contributed by atoms with van der Waals surface area (Å²) in [5.74, 6) is 1.01. The largest absolute Gasteiger partial charge is 0.490 e. The third-order valence-corrected chi connectivity index (χ3v) is 5.13. The summed E-state index contributed by atoms with van der Waals surface area (Å²) >= 11 is 0. The van der Waals surface area contributed by atoms with Gasteiger partial charge in [0.15, 0.2) is 17.5 Å². The Bertz CT molecular complexity index is 644. The minimum absolute atomic E-state index is 0. The summed E-state index contributed by atoms with van der Waals surface area (Å²) < 4.78 is 35.8. The van der Waals surface area contributed by atoms with Crippen LogP contribution in [0.3, 0.4) is 0 Å². The van der Waals surface area contributed by atoms with Crippen LogP contribution in [0.15, 0.2) is 23.2 Å². The zero-order valence-electron chi connectivity index (χ0n) is 18.7. The molecule has 1 aliphatic heterocycles. The number of piperidine rings is 1. The number of likely N-dealkylation sites (tertiary alicyclic amines) is 1. The summed E-state index contributed by atoms with van der Waals surface area (Å²) in [5.41, 5.74) is 0.589. The SMILES string of the molecule is CCOc1cccc(CNC(=NC)NCCCCCN2CCCCC2)c1OC(F)F.I. The van der Waals surface area contributed by atoms with Gasteiger partial charge in [-0.2, -0.15) is 8.78 Å². The first-order valence-electron chi connectivity index (χ1n) is 11.0. The van der Waals surface area contributed by atoms with Gasteiger partial charge in [-0.15, -0.1) is 24.0 Å². The average Bonchev–Trinajstić information content (AvgIpc) is 2.75. The van der Waals surface area contributed by atoms with E-state index in [4.69, 9.17) is 9.47 Å². The van der Waals surface area contributed by atoms with Crippen LogP contribution in [-0.2, 0) is 6.54 Å². The molecular formula is C22H37F2IN4O2. The lowest BCUT2D eigenvalue weighted by Gasteiger charge is -2.26. The smallest absolute Gasteiger partial charge is 0.387 e. The van der Waals surface area contributed by atoms with Crippen LogP contribution in [0.4, 0.5) is 8.78 Å². The highest BCUT2D eigenvalue weighted by atomic mass is 127. The van der Waals surface area contributed by atoms with Crippen LogP contribution in [0, 0.1) is 0 Å². The van der Waals surface area contributed by atoms with Crippen LogP contribution in [0.2, 0.25) is 0 Å². The number of hydrogen-bond acceptors (Lipinski definition) is 4. The number of guanidine groups is 1. The number of benzene rings is 1. The average molecular weight is 554 g/mol. The molecule has 0 amide bonds. The van der Waals surface area contributed by atoms with Gasteiger partial charge in [0.2, 0.25) is 0 Å². The molecule has 1 aliphatic rings. The minimum Gasteiger partial charge on any atom is -0.490 e.